The van der Waals surface area contributed by atoms with Gasteiger partial charge in [0.2, 0.25) is 11.0 Å². The summed E-state index contributed by atoms with van der Waals surface area (Å²) in [5.41, 5.74) is 0. The number of nitrogens with one attached hydrogen (secondary N) is 1. The number of aromatic nitrogens is 2. The minimum Gasteiger partial charge on any atom is -0.360 e. The van der Waals surface area contributed by atoms with Gasteiger partial charge in [-0.1, -0.05) is 6.42 Å². The number of alkyl halides is 3. The summed E-state index contributed by atoms with van der Waals surface area (Å²) in [5.74, 6) is 0.0594. The Labute approximate surface area is 106 Å². The molecule has 0 aliphatic carbocycles. The quantitative estimate of drug-likeness (QED) is 0.778. The summed E-state index contributed by atoms with van der Waals surface area (Å²) in [6, 6.07) is 0. The lowest BCUT2D eigenvalue weighted by atomic mass is 10.2. The zero-order valence-corrected chi connectivity index (χ0v) is 11.0. The normalized spacial score (nSPS) is 11.8. The zero-order chi connectivity index (χ0) is 12.7. The minimum atomic E-state index is -4.45. The maximum absolute atomic E-state index is 12.2. The van der Waals surface area contributed by atoms with Gasteiger partial charge in [0.25, 0.3) is 0 Å². The van der Waals surface area contributed by atoms with Crippen molar-refractivity contribution in [1.82, 2.24) is 9.36 Å². The first-order valence-electron chi connectivity index (χ1n) is 5.17. The molecule has 1 N–H and O–H groups in total. The van der Waals surface area contributed by atoms with Crippen LogP contribution in [0.2, 0.25) is 0 Å². The molecule has 0 unspecified atom stereocenters. The highest BCUT2D eigenvalue weighted by Crippen LogP contribution is 2.28. The number of unbranched alkanes of at least 4 members (excludes halogenated alkanes) is 2. The molecule has 98 valence electrons. The maximum atomic E-state index is 12.2. The van der Waals surface area contributed by atoms with Crippen molar-refractivity contribution < 1.29 is 13.2 Å². The third kappa shape index (κ3) is 5.58. The van der Waals surface area contributed by atoms with Gasteiger partial charge in [-0.3, -0.25) is 0 Å². The fraction of sp³-hybridized carbons (Fsp3) is 0.778. The number of hydrogen-bond donors (Lipinski definition) is 1. The van der Waals surface area contributed by atoms with Gasteiger partial charge < -0.3 is 5.32 Å². The third-order valence-electron chi connectivity index (χ3n) is 1.98. The highest BCUT2D eigenvalue weighted by molar-refractivity contribution is 7.98. The molecule has 0 bridgehead atoms. The molecular weight excluding hydrogens is 271 g/mol. The lowest BCUT2D eigenvalue weighted by Crippen LogP contribution is -2.08. The molecule has 0 spiro atoms. The summed E-state index contributed by atoms with van der Waals surface area (Å²) >= 11 is 2.54. The lowest BCUT2D eigenvalue weighted by molar-refractivity contribution is -0.144. The molecule has 1 heterocycles. The summed E-state index contributed by atoms with van der Waals surface area (Å²) < 4.78 is 39.8. The Balaban J connectivity index is 2.21. The Bertz CT molecular complexity index is 328. The van der Waals surface area contributed by atoms with E-state index in [1.165, 1.54) is 0 Å². The average molecular weight is 285 g/mol. The van der Waals surface area contributed by atoms with Gasteiger partial charge in [-0.05, 0) is 24.9 Å². The van der Waals surface area contributed by atoms with Crippen LogP contribution in [0.1, 0.15) is 25.1 Å². The predicted molar refractivity (Wildman–Crippen MR) is 65.6 cm³/mol. The fourth-order valence-electron chi connectivity index (χ4n) is 1.15. The van der Waals surface area contributed by atoms with E-state index in [2.05, 4.69) is 20.9 Å². The van der Waals surface area contributed by atoms with Crippen molar-refractivity contribution in [3.05, 3.63) is 5.82 Å². The summed E-state index contributed by atoms with van der Waals surface area (Å²) in [5, 5.41) is 3.09. The second-order valence-electron chi connectivity index (χ2n) is 3.40. The van der Waals surface area contributed by atoms with E-state index in [1.807, 2.05) is 0 Å². The molecule has 1 aromatic rings. The van der Waals surface area contributed by atoms with E-state index >= 15 is 0 Å². The third-order valence-corrected chi connectivity index (χ3v) is 3.35. The number of thioether (sulfide) groups is 1. The smallest absolute Gasteiger partial charge is 0.360 e. The zero-order valence-electron chi connectivity index (χ0n) is 9.38. The summed E-state index contributed by atoms with van der Waals surface area (Å²) in [7, 11) is 0. The fourth-order valence-corrected chi connectivity index (χ4v) is 2.26. The average Bonchev–Trinajstić information content (AvgIpc) is 2.71. The van der Waals surface area contributed by atoms with E-state index < -0.39 is 12.0 Å². The van der Waals surface area contributed by atoms with Crippen LogP contribution in [0.5, 0.6) is 0 Å². The number of nitrogens with zero attached hydrogens (tertiary/aromatic N) is 2. The van der Waals surface area contributed by atoms with Crippen LogP contribution in [0.4, 0.5) is 18.3 Å². The molecular formula is C9H14F3N3S2. The predicted octanol–water partition coefficient (Wildman–Crippen LogP) is 3.50. The number of anilines is 1. The van der Waals surface area contributed by atoms with Gasteiger partial charge in [0.05, 0.1) is 0 Å². The Morgan fingerprint density at radius 3 is 2.65 bits per heavy atom. The lowest BCUT2D eigenvalue weighted by Gasteiger charge is -2.01. The standard InChI is InChI=1S/C9H14F3N3S2/c1-16-6-4-2-3-5-13-8-14-7(15-17-8)9(10,11)12/h2-6H2,1H3,(H,13,14,15). The van der Waals surface area contributed by atoms with E-state index in [1.54, 1.807) is 11.8 Å². The van der Waals surface area contributed by atoms with E-state index in [4.69, 9.17) is 0 Å². The Morgan fingerprint density at radius 2 is 2.06 bits per heavy atom. The molecule has 0 saturated carbocycles. The van der Waals surface area contributed by atoms with Crippen molar-refractivity contribution in [3.8, 4) is 0 Å². The minimum absolute atomic E-state index is 0.238. The highest BCUT2D eigenvalue weighted by Gasteiger charge is 2.35. The maximum Gasteiger partial charge on any atom is 0.452 e. The molecule has 17 heavy (non-hydrogen) atoms. The van der Waals surface area contributed by atoms with Gasteiger partial charge in [-0.2, -0.15) is 34.3 Å². The largest absolute Gasteiger partial charge is 0.452 e. The molecule has 0 saturated heterocycles. The van der Waals surface area contributed by atoms with Crippen LogP contribution in [-0.2, 0) is 6.18 Å². The van der Waals surface area contributed by atoms with E-state index in [0.717, 1.165) is 36.5 Å². The number of rotatable bonds is 7. The molecule has 0 amide bonds. The molecule has 8 heteroatoms. The van der Waals surface area contributed by atoms with Gasteiger partial charge in [-0.15, -0.1) is 0 Å². The van der Waals surface area contributed by atoms with Gasteiger partial charge >= 0.3 is 6.18 Å². The van der Waals surface area contributed by atoms with Gasteiger partial charge in [-0.25, -0.2) is 0 Å². The van der Waals surface area contributed by atoms with Crippen molar-refractivity contribution in [3.63, 3.8) is 0 Å². The van der Waals surface area contributed by atoms with Gasteiger partial charge in [0.1, 0.15) is 0 Å². The number of halogens is 3. The van der Waals surface area contributed by atoms with Crippen LogP contribution in [0.15, 0.2) is 0 Å². The Kier molecular flexibility index (Phi) is 6.04. The van der Waals surface area contributed by atoms with E-state index in [9.17, 15) is 13.2 Å². The molecule has 3 nitrogen and oxygen atoms in total. The van der Waals surface area contributed by atoms with Crippen LogP contribution in [0, 0.1) is 0 Å². The molecule has 1 aromatic heterocycles. The Morgan fingerprint density at radius 1 is 1.29 bits per heavy atom. The number of hydrogen-bond acceptors (Lipinski definition) is 5. The van der Waals surface area contributed by atoms with Crippen molar-refractivity contribution in [2.75, 3.05) is 23.9 Å². The molecule has 0 atom stereocenters. The van der Waals surface area contributed by atoms with Crippen LogP contribution in [0.3, 0.4) is 0 Å². The second-order valence-corrected chi connectivity index (χ2v) is 5.14. The first kappa shape index (κ1) is 14.6. The van der Waals surface area contributed by atoms with Gasteiger partial charge in [0, 0.05) is 18.1 Å². The SMILES string of the molecule is CSCCCCCNc1nc(C(F)(F)F)ns1. The molecule has 0 aromatic carbocycles. The summed E-state index contributed by atoms with van der Waals surface area (Å²) in [6.07, 6.45) is 0.736. The summed E-state index contributed by atoms with van der Waals surface area (Å²) in [4.78, 5) is 3.38. The molecule has 0 aliphatic heterocycles. The topological polar surface area (TPSA) is 37.8 Å². The van der Waals surface area contributed by atoms with E-state index in [0.29, 0.717) is 6.54 Å². The van der Waals surface area contributed by atoms with Crippen LogP contribution >= 0.6 is 23.3 Å². The van der Waals surface area contributed by atoms with Crippen molar-refractivity contribution >= 4 is 28.4 Å². The first-order chi connectivity index (χ1) is 8.04. The molecule has 1 rings (SSSR count). The molecule has 0 fully saturated rings. The Hall–Kier alpha value is -0.500. The van der Waals surface area contributed by atoms with Crippen LogP contribution in [-0.4, -0.2) is 27.9 Å². The molecule has 0 radical (unpaired) electrons. The van der Waals surface area contributed by atoms with Crippen LogP contribution in [0.25, 0.3) is 0 Å². The van der Waals surface area contributed by atoms with Crippen molar-refractivity contribution in [1.29, 1.82) is 0 Å². The van der Waals surface area contributed by atoms with E-state index in [-0.39, 0.29) is 5.13 Å². The highest BCUT2D eigenvalue weighted by atomic mass is 32.2. The second kappa shape index (κ2) is 7.05. The van der Waals surface area contributed by atoms with Gasteiger partial charge in [0.15, 0.2) is 0 Å². The van der Waals surface area contributed by atoms with Crippen molar-refractivity contribution in [2.45, 2.75) is 25.4 Å². The van der Waals surface area contributed by atoms with Crippen molar-refractivity contribution in [2.24, 2.45) is 0 Å². The first-order valence-corrected chi connectivity index (χ1v) is 7.34. The summed E-state index contributed by atoms with van der Waals surface area (Å²) in [6.45, 7) is 0.640. The van der Waals surface area contributed by atoms with Crippen LogP contribution < -0.4 is 5.32 Å². The molecule has 0 aliphatic rings. The monoisotopic (exact) mass is 285 g/mol.